The molecule has 1 aromatic carbocycles. The molecule has 4 N–H and O–H groups in total. The molecule has 0 bridgehead atoms. The van der Waals surface area contributed by atoms with Crippen LogP contribution in [0.4, 0.5) is 21.5 Å². The molecule has 0 aliphatic rings. The molecule has 46 heavy (non-hydrogen) atoms. The zero-order valence-corrected chi connectivity index (χ0v) is 28.0. The van der Waals surface area contributed by atoms with Crippen LogP contribution in [0.2, 0.25) is 0 Å². The number of amides is 2. The number of aryl methyl sites for hydroxylation is 1. The second kappa shape index (κ2) is 21.3. The molecule has 16 heteroatoms. The van der Waals surface area contributed by atoms with Crippen molar-refractivity contribution in [3.05, 3.63) is 34.4 Å². The normalized spacial score (nSPS) is 11.2. The second-order valence-electron chi connectivity index (χ2n) is 10.8. The molecule has 0 aliphatic carbocycles. The van der Waals surface area contributed by atoms with Gasteiger partial charge in [-0.15, -0.1) is 4.91 Å². The van der Waals surface area contributed by atoms with Gasteiger partial charge in [0.2, 0.25) is 10.9 Å². The highest BCUT2D eigenvalue weighted by Gasteiger charge is 2.22. The molecule has 2 aromatic rings. The van der Waals surface area contributed by atoms with Gasteiger partial charge in [0.05, 0.1) is 83.7 Å². The number of carbonyl (C=O) groups is 3. The predicted molar refractivity (Wildman–Crippen MR) is 173 cm³/mol. The van der Waals surface area contributed by atoms with Crippen LogP contribution in [-0.2, 0) is 38.0 Å². The van der Waals surface area contributed by atoms with Crippen molar-refractivity contribution < 1.29 is 47.8 Å². The number of H-pyrrole nitrogens is 1. The lowest BCUT2D eigenvalue weighted by Gasteiger charge is -2.19. The number of esters is 1. The number of nitrogens with zero attached hydrogens (tertiary/aromatic N) is 1. The van der Waals surface area contributed by atoms with Crippen molar-refractivity contribution in [2.24, 2.45) is 5.18 Å². The number of thiazole rings is 1. The zero-order valence-electron chi connectivity index (χ0n) is 27.2. The summed E-state index contributed by atoms with van der Waals surface area (Å²) < 4.78 is 32.5. The first-order valence-corrected chi connectivity index (χ1v) is 15.7. The van der Waals surface area contributed by atoms with E-state index in [4.69, 9.17) is 28.4 Å². The van der Waals surface area contributed by atoms with Gasteiger partial charge in [-0.2, -0.15) is 5.32 Å². The Morgan fingerprint density at radius 3 is 1.93 bits per heavy atom. The van der Waals surface area contributed by atoms with E-state index in [-0.39, 0.29) is 28.9 Å². The highest BCUT2D eigenvalue weighted by atomic mass is 32.1. The maximum Gasteiger partial charge on any atom is 0.341 e. The van der Waals surface area contributed by atoms with Gasteiger partial charge in [-0.1, -0.05) is 0 Å². The first kappa shape index (κ1) is 38.6. The van der Waals surface area contributed by atoms with Gasteiger partial charge in [0, 0.05) is 26.1 Å². The zero-order chi connectivity index (χ0) is 33.8. The standard InChI is InChI=1S/C30H45N5O10S/c1-21-28(35-39)46-29(32-21)34-27(38)24-7-6-23(20-25(24)33-22(2)36)31-9-11-41-13-15-43-17-19-44-18-16-42-14-12-40-10-8-26(37)45-30(3,4)5/h6-7,20,31H,8-19H2,1-5H3,(H,33,36)(H,32,34,38)/p+1. The van der Waals surface area contributed by atoms with Crippen molar-refractivity contribution in [3.8, 4) is 0 Å². The van der Waals surface area contributed by atoms with Crippen molar-refractivity contribution in [1.82, 2.24) is 0 Å². The second-order valence-corrected chi connectivity index (χ2v) is 11.8. The Labute approximate surface area is 273 Å². The van der Waals surface area contributed by atoms with Crippen LogP contribution >= 0.6 is 11.3 Å². The Bertz CT molecular complexity index is 1250. The smallest absolute Gasteiger partial charge is 0.341 e. The van der Waals surface area contributed by atoms with Crippen molar-refractivity contribution >= 4 is 50.6 Å². The lowest BCUT2D eigenvalue weighted by atomic mass is 10.1. The molecular weight excluding hydrogens is 622 g/mol. The van der Waals surface area contributed by atoms with Crippen molar-refractivity contribution in [3.63, 3.8) is 0 Å². The van der Waals surface area contributed by atoms with Crippen molar-refractivity contribution in [2.45, 2.75) is 46.6 Å². The van der Waals surface area contributed by atoms with Gasteiger partial charge in [0.15, 0.2) is 0 Å². The third-order valence-electron chi connectivity index (χ3n) is 5.64. The predicted octanol–water partition coefficient (Wildman–Crippen LogP) is 3.71. The number of hydrogen-bond acceptors (Lipinski definition) is 13. The Morgan fingerprint density at radius 2 is 1.41 bits per heavy atom. The number of nitrogens with one attached hydrogen (secondary N) is 4. The van der Waals surface area contributed by atoms with Crippen molar-refractivity contribution in [2.75, 3.05) is 88.6 Å². The van der Waals surface area contributed by atoms with E-state index in [1.165, 1.54) is 6.92 Å². The number of aromatic nitrogens is 1. The fraction of sp³-hybridized carbons (Fsp3) is 0.600. The summed E-state index contributed by atoms with van der Waals surface area (Å²) in [7, 11) is 0. The van der Waals surface area contributed by atoms with E-state index in [0.29, 0.717) is 94.8 Å². The number of benzene rings is 1. The summed E-state index contributed by atoms with van der Waals surface area (Å²) in [4.78, 5) is 49.9. The van der Waals surface area contributed by atoms with Gasteiger partial charge in [0.1, 0.15) is 11.3 Å². The monoisotopic (exact) mass is 668 g/mol. The van der Waals surface area contributed by atoms with E-state index in [0.717, 1.165) is 11.3 Å². The van der Waals surface area contributed by atoms with Gasteiger partial charge in [-0.05, 0) is 55.5 Å². The number of hydrogen-bond donors (Lipinski definition) is 3. The van der Waals surface area contributed by atoms with Crippen LogP contribution < -0.4 is 20.9 Å². The number of ether oxygens (including phenoxy) is 6. The van der Waals surface area contributed by atoms with Crippen LogP contribution in [0.1, 0.15) is 50.2 Å². The Morgan fingerprint density at radius 1 is 0.848 bits per heavy atom. The minimum atomic E-state index is -0.491. The highest BCUT2D eigenvalue weighted by Crippen LogP contribution is 2.28. The molecule has 1 heterocycles. The molecular formula is C30H46N5O10S+. The van der Waals surface area contributed by atoms with E-state index in [1.807, 2.05) is 20.8 Å². The van der Waals surface area contributed by atoms with Crippen molar-refractivity contribution in [1.29, 1.82) is 0 Å². The molecule has 0 atom stereocenters. The summed E-state index contributed by atoms with van der Waals surface area (Å²) in [6, 6.07) is 4.98. The van der Waals surface area contributed by atoms with Crippen LogP contribution in [-0.4, -0.2) is 96.0 Å². The lowest BCUT2D eigenvalue weighted by molar-refractivity contribution is -0.363. The quantitative estimate of drug-likeness (QED) is 0.0890. The minimum Gasteiger partial charge on any atom is -0.460 e. The molecule has 0 radical (unpaired) electrons. The van der Waals surface area contributed by atoms with Crippen LogP contribution in [0.15, 0.2) is 23.4 Å². The van der Waals surface area contributed by atoms with E-state index in [2.05, 4.69) is 26.1 Å². The number of rotatable bonds is 23. The lowest BCUT2D eigenvalue weighted by Crippen LogP contribution is -2.24. The van der Waals surface area contributed by atoms with Crippen LogP contribution in [0.25, 0.3) is 0 Å². The topological polar surface area (TPSA) is 186 Å². The van der Waals surface area contributed by atoms with Gasteiger partial charge < -0.3 is 39.1 Å². The van der Waals surface area contributed by atoms with E-state index in [9.17, 15) is 19.3 Å². The Balaban J connectivity index is 1.50. The van der Waals surface area contributed by atoms with Crippen LogP contribution in [0, 0.1) is 11.8 Å². The molecule has 2 rings (SSSR count). The number of anilines is 3. The van der Waals surface area contributed by atoms with Gasteiger partial charge in [0.25, 0.3) is 0 Å². The molecule has 0 fully saturated rings. The summed E-state index contributed by atoms with van der Waals surface area (Å²) in [6.45, 7) is 13.1. The largest absolute Gasteiger partial charge is 0.460 e. The molecule has 0 aliphatic heterocycles. The summed E-state index contributed by atoms with van der Waals surface area (Å²) in [5.41, 5.74) is 1.34. The van der Waals surface area contributed by atoms with E-state index in [1.54, 1.807) is 25.1 Å². The molecule has 0 saturated heterocycles. The molecule has 1 aromatic heterocycles. The molecule has 0 spiro atoms. The summed E-state index contributed by atoms with van der Waals surface area (Å²) in [5.74, 6) is -1.06. The van der Waals surface area contributed by atoms with Gasteiger partial charge in [-0.25, -0.2) is 9.78 Å². The van der Waals surface area contributed by atoms with Gasteiger partial charge in [-0.3, -0.25) is 9.59 Å². The first-order valence-electron chi connectivity index (χ1n) is 14.9. The molecule has 0 saturated carbocycles. The average Bonchev–Trinajstić information content (AvgIpc) is 3.33. The number of carbonyl (C=O) groups excluding carboxylic acids is 3. The minimum absolute atomic E-state index is 0.211. The molecule has 2 amide bonds. The SMILES string of the molecule is CC(=O)Nc1cc(NCCOCCOCCOCCOCCOCCC(=O)OC(C)(C)C)ccc1C(=O)Nc1[nH+]c(C)c(N=O)s1. The van der Waals surface area contributed by atoms with E-state index < -0.39 is 11.5 Å². The molecule has 0 unspecified atom stereocenters. The fourth-order valence-corrected chi connectivity index (χ4v) is 4.46. The average molecular weight is 669 g/mol. The molecule has 15 nitrogen and oxygen atoms in total. The van der Waals surface area contributed by atoms with Gasteiger partial charge >= 0.3 is 17.0 Å². The maximum absolute atomic E-state index is 12.8. The highest BCUT2D eigenvalue weighted by molar-refractivity contribution is 7.19. The summed E-state index contributed by atoms with van der Waals surface area (Å²) in [5, 5.41) is 12.1. The summed E-state index contributed by atoms with van der Waals surface area (Å²) in [6.07, 6.45) is 0.211. The first-order chi connectivity index (χ1) is 22.0. The Hall–Kier alpha value is -3.54. The third-order valence-corrected chi connectivity index (χ3v) is 6.62. The fourth-order valence-electron chi connectivity index (χ4n) is 3.68. The number of aromatic amines is 1. The molecule has 256 valence electrons. The number of nitroso groups, excluding NO2 is 1. The van der Waals surface area contributed by atoms with E-state index >= 15 is 0 Å². The third kappa shape index (κ3) is 16.7. The summed E-state index contributed by atoms with van der Waals surface area (Å²) >= 11 is 1.02. The maximum atomic E-state index is 12.8. The Kier molecular flexibility index (Phi) is 17.9. The van der Waals surface area contributed by atoms with Crippen LogP contribution in [0.5, 0.6) is 0 Å². The van der Waals surface area contributed by atoms with Crippen LogP contribution in [0.3, 0.4) is 0 Å².